The van der Waals surface area contributed by atoms with Crippen molar-refractivity contribution in [1.29, 1.82) is 0 Å². The molecule has 2 aromatic carbocycles. The van der Waals surface area contributed by atoms with E-state index in [0.717, 1.165) is 27.2 Å². The van der Waals surface area contributed by atoms with Crippen molar-refractivity contribution >= 4 is 32.6 Å². The van der Waals surface area contributed by atoms with Crippen LogP contribution in [0.25, 0.3) is 15.9 Å². The number of carbonyl (C=O) groups is 1. The molecule has 0 bridgehead atoms. The van der Waals surface area contributed by atoms with Gasteiger partial charge in [0, 0.05) is 5.56 Å². The molecule has 0 spiro atoms. The van der Waals surface area contributed by atoms with Gasteiger partial charge in [-0.15, -0.1) is 5.10 Å². The van der Waals surface area contributed by atoms with E-state index in [4.69, 9.17) is 4.74 Å². The predicted octanol–water partition coefficient (Wildman–Crippen LogP) is 3.23. The third kappa shape index (κ3) is 3.49. The summed E-state index contributed by atoms with van der Waals surface area (Å²) in [6.45, 7) is 4.45. The van der Waals surface area contributed by atoms with Gasteiger partial charge in [0.2, 0.25) is 0 Å². The van der Waals surface area contributed by atoms with E-state index in [1.54, 1.807) is 16.8 Å². The van der Waals surface area contributed by atoms with Crippen molar-refractivity contribution in [1.82, 2.24) is 25.2 Å². The van der Waals surface area contributed by atoms with Crippen molar-refractivity contribution in [3.8, 4) is 11.4 Å². The molecule has 0 unspecified atom stereocenters. The van der Waals surface area contributed by atoms with Crippen LogP contribution in [-0.2, 0) is 0 Å². The van der Waals surface area contributed by atoms with E-state index in [2.05, 4.69) is 25.8 Å². The molecule has 4 rings (SSSR count). The zero-order valence-corrected chi connectivity index (χ0v) is 15.5. The number of ether oxygens (including phenoxy) is 1. The van der Waals surface area contributed by atoms with Gasteiger partial charge in [-0.3, -0.25) is 10.1 Å². The molecule has 136 valence electrons. The topological polar surface area (TPSA) is 94.8 Å². The summed E-state index contributed by atoms with van der Waals surface area (Å²) in [4.78, 5) is 17.1. The minimum Gasteiger partial charge on any atom is -0.494 e. The monoisotopic (exact) mass is 380 g/mol. The Morgan fingerprint density at radius 3 is 2.89 bits per heavy atom. The first-order valence-corrected chi connectivity index (χ1v) is 9.14. The van der Waals surface area contributed by atoms with Gasteiger partial charge in [0.25, 0.3) is 5.91 Å². The first-order chi connectivity index (χ1) is 13.1. The molecule has 9 heteroatoms. The Balaban J connectivity index is 1.55. The Bertz CT molecular complexity index is 1110. The van der Waals surface area contributed by atoms with Crippen LogP contribution in [0, 0.1) is 6.92 Å². The summed E-state index contributed by atoms with van der Waals surface area (Å²) in [6.07, 6.45) is 1.51. The molecule has 1 amide bonds. The summed E-state index contributed by atoms with van der Waals surface area (Å²) in [5.41, 5.74) is 3.07. The van der Waals surface area contributed by atoms with Gasteiger partial charge < -0.3 is 4.74 Å². The molecule has 0 saturated carbocycles. The zero-order chi connectivity index (χ0) is 18.8. The first kappa shape index (κ1) is 17.1. The number of nitrogens with zero attached hydrogens (tertiary/aromatic N) is 5. The number of fused-ring (bicyclic) bond motifs is 1. The van der Waals surface area contributed by atoms with Crippen molar-refractivity contribution in [2.75, 3.05) is 11.9 Å². The van der Waals surface area contributed by atoms with E-state index in [1.807, 2.05) is 38.1 Å². The minimum absolute atomic E-state index is 0.217. The number of thiazole rings is 1. The number of anilines is 1. The number of hydrogen-bond acceptors (Lipinski definition) is 7. The number of amides is 1. The Kier molecular flexibility index (Phi) is 4.51. The number of carbonyl (C=O) groups excluding carboxylic acids is 1. The molecular formula is C18H16N6O2S. The average molecular weight is 380 g/mol. The second-order valence-electron chi connectivity index (χ2n) is 5.79. The van der Waals surface area contributed by atoms with Crippen molar-refractivity contribution in [2.45, 2.75) is 13.8 Å². The van der Waals surface area contributed by atoms with E-state index in [-0.39, 0.29) is 5.91 Å². The second-order valence-corrected chi connectivity index (χ2v) is 6.82. The maximum atomic E-state index is 12.6. The van der Waals surface area contributed by atoms with Crippen LogP contribution >= 0.6 is 11.3 Å². The number of aromatic nitrogens is 5. The molecule has 0 fully saturated rings. The fourth-order valence-corrected chi connectivity index (χ4v) is 3.60. The highest BCUT2D eigenvalue weighted by atomic mass is 32.1. The highest BCUT2D eigenvalue weighted by Gasteiger charge is 2.12. The second kappa shape index (κ2) is 7.12. The summed E-state index contributed by atoms with van der Waals surface area (Å²) in [5.74, 6) is 0.575. The molecule has 0 saturated heterocycles. The zero-order valence-electron chi connectivity index (χ0n) is 14.7. The average Bonchev–Trinajstić information content (AvgIpc) is 3.31. The van der Waals surface area contributed by atoms with Crippen LogP contribution in [0.2, 0.25) is 0 Å². The molecular weight excluding hydrogens is 364 g/mol. The minimum atomic E-state index is -0.217. The third-order valence-corrected chi connectivity index (χ3v) is 4.88. The fourth-order valence-electron chi connectivity index (χ4n) is 2.71. The third-order valence-electron chi connectivity index (χ3n) is 3.95. The van der Waals surface area contributed by atoms with Crippen LogP contribution in [0.3, 0.4) is 0 Å². The molecule has 27 heavy (non-hydrogen) atoms. The molecule has 0 aliphatic heterocycles. The summed E-state index contributed by atoms with van der Waals surface area (Å²) < 4.78 is 8.02. The Hall–Kier alpha value is -3.33. The standard InChI is InChI=1S/C18H16N6O2S/c1-3-26-13-5-6-14-16(9-13)27-18(20-14)21-17(25)12-4-7-15(11(2)8-12)24-10-19-22-23-24/h4-10H,3H2,1-2H3,(H,20,21,25). The molecule has 0 atom stereocenters. The van der Waals surface area contributed by atoms with Gasteiger partial charge in [0.15, 0.2) is 5.13 Å². The molecule has 2 aromatic heterocycles. The highest BCUT2D eigenvalue weighted by Crippen LogP contribution is 2.29. The van der Waals surface area contributed by atoms with Crippen LogP contribution < -0.4 is 10.1 Å². The smallest absolute Gasteiger partial charge is 0.257 e. The van der Waals surface area contributed by atoms with Gasteiger partial charge in [-0.25, -0.2) is 9.67 Å². The Morgan fingerprint density at radius 1 is 1.26 bits per heavy atom. The van der Waals surface area contributed by atoms with Gasteiger partial charge in [-0.2, -0.15) is 0 Å². The van der Waals surface area contributed by atoms with Gasteiger partial charge in [0.05, 0.1) is 22.5 Å². The van der Waals surface area contributed by atoms with Crippen LogP contribution in [0.15, 0.2) is 42.7 Å². The van der Waals surface area contributed by atoms with E-state index >= 15 is 0 Å². The number of rotatable bonds is 5. The van der Waals surface area contributed by atoms with Crippen molar-refractivity contribution in [3.05, 3.63) is 53.9 Å². The fraction of sp³-hybridized carbons (Fsp3) is 0.167. The Morgan fingerprint density at radius 2 is 2.15 bits per heavy atom. The van der Waals surface area contributed by atoms with Gasteiger partial charge >= 0.3 is 0 Å². The maximum absolute atomic E-state index is 12.6. The molecule has 0 aliphatic rings. The lowest BCUT2D eigenvalue weighted by molar-refractivity contribution is 0.102. The number of tetrazole rings is 1. The van der Waals surface area contributed by atoms with Crippen molar-refractivity contribution in [2.24, 2.45) is 0 Å². The molecule has 4 aromatic rings. The van der Waals surface area contributed by atoms with Gasteiger partial charge in [0.1, 0.15) is 12.1 Å². The van der Waals surface area contributed by atoms with E-state index in [1.165, 1.54) is 17.7 Å². The van der Waals surface area contributed by atoms with Crippen LogP contribution in [0.4, 0.5) is 5.13 Å². The molecule has 0 radical (unpaired) electrons. The molecule has 2 heterocycles. The van der Waals surface area contributed by atoms with Crippen LogP contribution in [0.5, 0.6) is 5.75 Å². The van der Waals surface area contributed by atoms with Crippen molar-refractivity contribution in [3.63, 3.8) is 0 Å². The number of aryl methyl sites for hydroxylation is 1. The summed E-state index contributed by atoms with van der Waals surface area (Å²) >= 11 is 1.41. The van der Waals surface area contributed by atoms with Gasteiger partial charge in [-0.05, 0) is 66.2 Å². The summed E-state index contributed by atoms with van der Waals surface area (Å²) in [5, 5.41) is 14.5. The van der Waals surface area contributed by atoms with Crippen LogP contribution in [-0.4, -0.2) is 37.7 Å². The number of hydrogen-bond donors (Lipinski definition) is 1. The summed E-state index contributed by atoms with van der Waals surface area (Å²) in [6, 6.07) is 11.0. The molecule has 1 N–H and O–H groups in total. The van der Waals surface area contributed by atoms with E-state index in [0.29, 0.717) is 17.3 Å². The SMILES string of the molecule is CCOc1ccc2nc(NC(=O)c3ccc(-n4cnnn4)c(C)c3)sc2c1. The largest absolute Gasteiger partial charge is 0.494 e. The van der Waals surface area contributed by atoms with E-state index < -0.39 is 0 Å². The highest BCUT2D eigenvalue weighted by molar-refractivity contribution is 7.22. The molecule has 8 nitrogen and oxygen atoms in total. The predicted molar refractivity (Wildman–Crippen MR) is 103 cm³/mol. The van der Waals surface area contributed by atoms with Gasteiger partial charge in [-0.1, -0.05) is 11.3 Å². The van der Waals surface area contributed by atoms with Crippen LogP contribution in [0.1, 0.15) is 22.8 Å². The lowest BCUT2D eigenvalue weighted by Gasteiger charge is -2.07. The number of benzene rings is 2. The maximum Gasteiger partial charge on any atom is 0.257 e. The lowest BCUT2D eigenvalue weighted by Crippen LogP contribution is -2.12. The lowest BCUT2D eigenvalue weighted by atomic mass is 10.1. The quantitative estimate of drug-likeness (QED) is 0.571. The first-order valence-electron chi connectivity index (χ1n) is 8.33. The normalized spacial score (nSPS) is 10.9. The summed E-state index contributed by atoms with van der Waals surface area (Å²) in [7, 11) is 0. The van der Waals surface area contributed by atoms with E-state index in [9.17, 15) is 4.79 Å². The number of nitrogens with one attached hydrogen (secondary N) is 1. The Labute approximate surface area is 158 Å². The van der Waals surface area contributed by atoms with Crippen molar-refractivity contribution < 1.29 is 9.53 Å². The molecule has 0 aliphatic carbocycles.